The molecule has 0 aromatic carbocycles. The molecule has 1 atom stereocenters. The molecule has 2 aliphatic rings. The van der Waals surface area contributed by atoms with Crippen molar-refractivity contribution in [1.82, 2.24) is 9.80 Å². The molecular formula is C13H22N2O4. The number of hydrogen-bond donors (Lipinski definition) is 0. The maximum Gasteiger partial charge on any atom is 0.323 e. The van der Waals surface area contributed by atoms with Gasteiger partial charge >= 0.3 is 5.97 Å². The maximum atomic E-state index is 12.2. The van der Waals surface area contributed by atoms with Crippen LogP contribution in [0.25, 0.3) is 0 Å². The van der Waals surface area contributed by atoms with Crippen molar-refractivity contribution in [1.29, 1.82) is 0 Å². The molecule has 1 amide bonds. The van der Waals surface area contributed by atoms with Crippen LogP contribution in [-0.2, 0) is 19.1 Å². The molecule has 1 unspecified atom stereocenters. The largest absolute Gasteiger partial charge is 0.468 e. The first-order chi connectivity index (χ1) is 9.22. The highest BCUT2D eigenvalue weighted by Crippen LogP contribution is 2.18. The number of rotatable bonds is 3. The fourth-order valence-corrected chi connectivity index (χ4v) is 2.67. The zero-order valence-corrected chi connectivity index (χ0v) is 11.5. The molecule has 2 fully saturated rings. The second-order valence-electron chi connectivity index (χ2n) is 5.00. The number of esters is 1. The lowest BCUT2D eigenvalue weighted by Crippen LogP contribution is -2.51. The van der Waals surface area contributed by atoms with Gasteiger partial charge in [0.15, 0.2) is 0 Å². The number of piperidine rings is 1. The van der Waals surface area contributed by atoms with Crippen LogP contribution >= 0.6 is 0 Å². The van der Waals surface area contributed by atoms with E-state index in [1.165, 1.54) is 7.11 Å². The van der Waals surface area contributed by atoms with Crippen LogP contribution in [-0.4, -0.2) is 74.2 Å². The first kappa shape index (κ1) is 14.3. The first-order valence-electron chi connectivity index (χ1n) is 6.90. The zero-order chi connectivity index (χ0) is 13.7. The molecule has 108 valence electrons. The molecule has 19 heavy (non-hydrogen) atoms. The number of methoxy groups -OCH3 is 1. The van der Waals surface area contributed by atoms with Crippen molar-refractivity contribution in [2.24, 2.45) is 0 Å². The summed E-state index contributed by atoms with van der Waals surface area (Å²) in [5.74, 6) is -0.145. The topological polar surface area (TPSA) is 59.1 Å². The molecule has 2 heterocycles. The summed E-state index contributed by atoms with van der Waals surface area (Å²) in [6.07, 6.45) is 2.83. The SMILES string of the molecule is COC(=O)C1CCCCN1CC(=O)N1CCOCC1. The number of carbonyl (C=O) groups excluding carboxylic acids is 2. The van der Waals surface area contributed by atoms with Gasteiger partial charge in [0, 0.05) is 13.1 Å². The average Bonchev–Trinajstić information content (AvgIpc) is 2.48. The van der Waals surface area contributed by atoms with Crippen LogP contribution in [0.2, 0.25) is 0 Å². The Labute approximate surface area is 113 Å². The van der Waals surface area contributed by atoms with E-state index in [0.717, 1.165) is 25.8 Å². The lowest BCUT2D eigenvalue weighted by molar-refractivity contribution is -0.150. The summed E-state index contributed by atoms with van der Waals surface area (Å²) in [6, 6.07) is -0.260. The van der Waals surface area contributed by atoms with Gasteiger partial charge in [-0.1, -0.05) is 6.42 Å². The number of morpholine rings is 1. The zero-order valence-electron chi connectivity index (χ0n) is 11.5. The molecule has 0 saturated carbocycles. The summed E-state index contributed by atoms with van der Waals surface area (Å²) in [5.41, 5.74) is 0. The van der Waals surface area contributed by atoms with Gasteiger partial charge < -0.3 is 14.4 Å². The van der Waals surface area contributed by atoms with Gasteiger partial charge in [-0.25, -0.2) is 0 Å². The Hall–Kier alpha value is -1.14. The van der Waals surface area contributed by atoms with E-state index in [1.54, 1.807) is 0 Å². The number of ether oxygens (including phenoxy) is 2. The fraction of sp³-hybridized carbons (Fsp3) is 0.846. The predicted molar refractivity (Wildman–Crippen MR) is 68.6 cm³/mol. The highest BCUT2D eigenvalue weighted by atomic mass is 16.5. The molecule has 0 bridgehead atoms. The Morgan fingerprint density at radius 3 is 2.63 bits per heavy atom. The van der Waals surface area contributed by atoms with E-state index < -0.39 is 0 Å². The van der Waals surface area contributed by atoms with Crippen molar-refractivity contribution in [2.45, 2.75) is 25.3 Å². The molecule has 2 rings (SSSR count). The number of amides is 1. The van der Waals surface area contributed by atoms with Gasteiger partial charge in [-0.15, -0.1) is 0 Å². The van der Waals surface area contributed by atoms with Crippen LogP contribution in [0.5, 0.6) is 0 Å². The van der Waals surface area contributed by atoms with Crippen molar-refractivity contribution in [3.05, 3.63) is 0 Å². The van der Waals surface area contributed by atoms with E-state index in [4.69, 9.17) is 9.47 Å². The quantitative estimate of drug-likeness (QED) is 0.669. The van der Waals surface area contributed by atoms with Crippen LogP contribution in [0.3, 0.4) is 0 Å². The Morgan fingerprint density at radius 1 is 1.21 bits per heavy atom. The van der Waals surface area contributed by atoms with Gasteiger partial charge in [0.25, 0.3) is 0 Å². The van der Waals surface area contributed by atoms with Crippen LogP contribution < -0.4 is 0 Å². The first-order valence-corrected chi connectivity index (χ1v) is 6.90. The van der Waals surface area contributed by atoms with E-state index in [-0.39, 0.29) is 17.9 Å². The van der Waals surface area contributed by atoms with Gasteiger partial charge in [-0.3, -0.25) is 14.5 Å². The van der Waals surface area contributed by atoms with Gasteiger partial charge in [0.1, 0.15) is 6.04 Å². The molecule has 0 N–H and O–H groups in total. The van der Waals surface area contributed by atoms with Crippen LogP contribution in [0.1, 0.15) is 19.3 Å². The minimum Gasteiger partial charge on any atom is -0.468 e. The summed E-state index contributed by atoms with van der Waals surface area (Å²) >= 11 is 0. The molecule has 6 nitrogen and oxygen atoms in total. The van der Waals surface area contributed by atoms with Crippen molar-refractivity contribution < 1.29 is 19.1 Å². The third-order valence-electron chi connectivity index (χ3n) is 3.79. The second-order valence-corrected chi connectivity index (χ2v) is 5.00. The Morgan fingerprint density at radius 2 is 1.95 bits per heavy atom. The highest BCUT2D eigenvalue weighted by Gasteiger charge is 2.31. The minimum absolute atomic E-state index is 0.0825. The normalized spacial score (nSPS) is 25.1. The molecule has 0 aromatic rings. The van der Waals surface area contributed by atoms with Crippen molar-refractivity contribution in [3.8, 4) is 0 Å². The summed E-state index contributed by atoms with van der Waals surface area (Å²) in [7, 11) is 1.40. The van der Waals surface area contributed by atoms with Gasteiger partial charge in [-0.2, -0.15) is 0 Å². The molecular weight excluding hydrogens is 248 g/mol. The van der Waals surface area contributed by atoms with E-state index in [2.05, 4.69) is 0 Å². The Kier molecular flexibility index (Phi) is 5.15. The minimum atomic E-state index is -0.260. The average molecular weight is 270 g/mol. The molecule has 0 radical (unpaired) electrons. The lowest BCUT2D eigenvalue weighted by atomic mass is 10.0. The summed E-state index contributed by atoms with van der Waals surface area (Å²) in [6.45, 7) is 3.60. The van der Waals surface area contributed by atoms with Gasteiger partial charge in [0.05, 0.1) is 26.9 Å². The second kappa shape index (κ2) is 6.86. The van der Waals surface area contributed by atoms with E-state index in [9.17, 15) is 9.59 Å². The molecule has 2 aliphatic heterocycles. The van der Waals surface area contributed by atoms with Crippen LogP contribution in [0.4, 0.5) is 0 Å². The highest BCUT2D eigenvalue weighted by molar-refractivity contribution is 5.80. The molecule has 0 aliphatic carbocycles. The third kappa shape index (κ3) is 3.67. The number of likely N-dealkylation sites (tertiary alicyclic amines) is 1. The Balaban J connectivity index is 1.91. The van der Waals surface area contributed by atoms with E-state index in [0.29, 0.717) is 32.8 Å². The standard InChI is InChI=1S/C13H22N2O4/c1-18-13(17)11-4-2-3-5-15(11)10-12(16)14-6-8-19-9-7-14/h11H,2-10H2,1H3. The molecule has 2 saturated heterocycles. The van der Waals surface area contributed by atoms with Crippen LogP contribution in [0.15, 0.2) is 0 Å². The monoisotopic (exact) mass is 270 g/mol. The summed E-state index contributed by atoms with van der Waals surface area (Å²) < 4.78 is 10.1. The fourth-order valence-electron chi connectivity index (χ4n) is 2.67. The van der Waals surface area contributed by atoms with Crippen LogP contribution in [0, 0.1) is 0 Å². The number of hydrogen-bond acceptors (Lipinski definition) is 5. The van der Waals surface area contributed by atoms with E-state index in [1.807, 2.05) is 9.80 Å². The van der Waals surface area contributed by atoms with Gasteiger partial charge in [0.2, 0.25) is 5.91 Å². The van der Waals surface area contributed by atoms with Crippen molar-refractivity contribution in [3.63, 3.8) is 0 Å². The van der Waals surface area contributed by atoms with Crippen molar-refractivity contribution in [2.75, 3.05) is 46.5 Å². The summed E-state index contributed by atoms with van der Waals surface area (Å²) in [4.78, 5) is 27.7. The lowest BCUT2D eigenvalue weighted by Gasteiger charge is -2.35. The number of carbonyl (C=O) groups is 2. The molecule has 6 heteroatoms. The molecule has 0 spiro atoms. The molecule has 0 aromatic heterocycles. The predicted octanol–water partition coefficient (Wildman–Crippen LogP) is -0.127. The third-order valence-corrected chi connectivity index (χ3v) is 3.79. The van der Waals surface area contributed by atoms with Crippen molar-refractivity contribution >= 4 is 11.9 Å². The Bertz CT molecular complexity index is 329. The number of nitrogens with zero attached hydrogens (tertiary/aromatic N) is 2. The van der Waals surface area contributed by atoms with E-state index >= 15 is 0 Å². The summed E-state index contributed by atoms with van der Waals surface area (Å²) in [5, 5.41) is 0. The smallest absolute Gasteiger partial charge is 0.323 e. The van der Waals surface area contributed by atoms with Gasteiger partial charge in [-0.05, 0) is 19.4 Å². The maximum absolute atomic E-state index is 12.2.